The van der Waals surface area contributed by atoms with E-state index in [1.54, 1.807) is 0 Å². The molecule has 1 aromatic heterocycles. The number of halogens is 1. The van der Waals surface area contributed by atoms with E-state index < -0.39 is 27.5 Å². The Hall–Kier alpha value is -3.89. The summed E-state index contributed by atoms with van der Waals surface area (Å²) in [5.74, 6) is -0.881. The summed E-state index contributed by atoms with van der Waals surface area (Å²) in [6, 6.07) is 8.30. The average molecular weight is 374 g/mol. The van der Waals surface area contributed by atoms with Crippen molar-refractivity contribution in [1.29, 1.82) is 0 Å². The summed E-state index contributed by atoms with van der Waals surface area (Å²) in [4.78, 5) is 20.5. The summed E-state index contributed by atoms with van der Waals surface area (Å²) in [6.45, 7) is 1.50. The molecule has 138 valence electrons. The van der Waals surface area contributed by atoms with Gasteiger partial charge in [-0.1, -0.05) is 0 Å². The molecule has 0 N–H and O–H groups in total. The van der Waals surface area contributed by atoms with Crippen molar-refractivity contribution in [3.05, 3.63) is 74.4 Å². The molecule has 0 radical (unpaired) electrons. The van der Waals surface area contributed by atoms with Crippen LogP contribution in [0.15, 0.2) is 46.9 Å². The van der Waals surface area contributed by atoms with E-state index >= 15 is 0 Å². The van der Waals surface area contributed by atoms with Crippen molar-refractivity contribution in [2.75, 3.05) is 0 Å². The normalized spacial score (nSPS) is 11.8. The fraction of sp³-hybridized carbons (Fsp3) is 0.125. The van der Waals surface area contributed by atoms with Crippen LogP contribution < -0.4 is 4.74 Å². The Morgan fingerprint density at radius 2 is 1.78 bits per heavy atom. The second-order valence-electron chi connectivity index (χ2n) is 5.38. The first kappa shape index (κ1) is 17.9. The first-order valence-electron chi connectivity index (χ1n) is 7.54. The lowest BCUT2D eigenvalue weighted by molar-refractivity contribution is -0.386. The summed E-state index contributed by atoms with van der Waals surface area (Å²) in [5, 5.41) is 29.3. The molecule has 0 amide bonds. The van der Waals surface area contributed by atoms with Gasteiger partial charge in [0.25, 0.3) is 11.6 Å². The molecule has 0 aliphatic heterocycles. The highest BCUT2D eigenvalue weighted by molar-refractivity contribution is 5.55. The zero-order chi connectivity index (χ0) is 19.6. The Kier molecular flexibility index (Phi) is 4.75. The molecule has 0 fully saturated rings. The number of hydrogen-bond acceptors (Lipinski definition) is 8. The number of nitrogens with zero attached hydrogens (tertiary/aromatic N) is 4. The first-order valence-corrected chi connectivity index (χ1v) is 7.54. The van der Waals surface area contributed by atoms with Gasteiger partial charge in [-0.2, -0.15) is 0 Å². The highest BCUT2D eigenvalue weighted by Crippen LogP contribution is 2.32. The van der Waals surface area contributed by atoms with Crippen LogP contribution in [0.2, 0.25) is 0 Å². The number of nitro groups is 2. The van der Waals surface area contributed by atoms with E-state index in [4.69, 9.17) is 9.15 Å². The van der Waals surface area contributed by atoms with Crippen LogP contribution in [0.25, 0.3) is 11.5 Å². The molecule has 3 aromatic rings. The standard InChI is InChI=1S/C16H11FN4O6/c1-9(26-14-8-11(17)4-7-13(14)21(24)25)15-18-19-16(27-15)10-2-5-12(6-3-10)20(22)23/h2-9H,1H3/t9-/m1/s1. The van der Waals surface area contributed by atoms with E-state index in [1.165, 1.54) is 31.2 Å². The Labute approximate surface area is 150 Å². The molecule has 0 spiro atoms. The second kappa shape index (κ2) is 7.15. The summed E-state index contributed by atoms with van der Waals surface area (Å²) in [7, 11) is 0. The van der Waals surface area contributed by atoms with Crippen molar-refractivity contribution in [3.63, 3.8) is 0 Å². The van der Waals surface area contributed by atoms with Crippen molar-refractivity contribution in [2.24, 2.45) is 0 Å². The number of benzene rings is 2. The van der Waals surface area contributed by atoms with E-state index in [0.717, 1.165) is 18.2 Å². The van der Waals surface area contributed by atoms with Crippen LogP contribution in [0.1, 0.15) is 18.9 Å². The third kappa shape index (κ3) is 3.86. The molecule has 11 heteroatoms. The number of aromatic nitrogens is 2. The quantitative estimate of drug-likeness (QED) is 0.469. The van der Waals surface area contributed by atoms with Crippen LogP contribution in [0, 0.1) is 26.0 Å². The SMILES string of the molecule is C[C@@H](Oc1cc(F)ccc1[N+](=O)[O-])c1nnc(-c2ccc([N+](=O)[O-])cc2)o1. The number of nitro benzene ring substituents is 2. The van der Waals surface area contributed by atoms with E-state index in [2.05, 4.69) is 10.2 Å². The van der Waals surface area contributed by atoms with Crippen LogP contribution in [-0.4, -0.2) is 20.0 Å². The third-order valence-electron chi connectivity index (χ3n) is 3.54. The predicted molar refractivity (Wildman–Crippen MR) is 88.5 cm³/mol. The smallest absolute Gasteiger partial charge is 0.311 e. The van der Waals surface area contributed by atoms with Gasteiger partial charge in [0.15, 0.2) is 6.10 Å². The van der Waals surface area contributed by atoms with Crippen LogP contribution in [0.3, 0.4) is 0 Å². The van der Waals surface area contributed by atoms with Crippen molar-refractivity contribution >= 4 is 11.4 Å². The lowest BCUT2D eigenvalue weighted by Gasteiger charge is -2.11. The third-order valence-corrected chi connectivity index (χ3v) is 3.54. The summed E-state index contributed by atoms with van der Waals surface area (Å²) in [6.07, 6.45) is -0.898. The van der Waals surface area contributed by atoms with Gasteiger partial charge in [0.05, 0.1) is 9.85 Å². The lowest BCUT2D eigenvalue weighted by atomic mass is 10.2. The van der Waals surface area contributed by atoms with Gasteiger partial charge in [0, 0.05) is 29.8 Å². The van der Waals surface area contributed by atoms with Crippen molar-refractivity contribution in [1.82, 2.24) is 10.2 Å². The van der Waals surface area contributed by atoms with Gasteiger partial charge in [-0.3, -0.25) is 20.2 Å². The number of hydrogen-bond donors (Lipinski definition) is 0. The predicted octanol–water partition coefficient (Wildman–Crippen LogP) is 3.83. The second-order valence-corrected chi connectivity index (χ2v) is 5.38. The Bertz CT molecular complexity index is 1000. The molecule has 27 heavy (non-hydrogen) atoms. The van der Waals surface area contributed by atoms with Crippen LogP contribution in [-0.2, 0) is 0 Å². The number of non-ortho nitro benzene ring substituents is 1. The zero-order valence-electron chi connectivity index (χ0n) is 13.7. The van der Waals surface area contributed by atoms with Gasteiger partial charge in [-0.15, -0.1) is 10.2 Å². The maximum absolute atomic E-state index is 13.4. The summed E-state index contributed by atoms with van der Waals surface area (Å²) < 4.78 is 24.2. The molecule has 3 rings (SSSR count). The van der Waals surface area contributed by atoms with Crippen LogP contribution >= 0.6 is 0 Å². The maximum atomic E-state index is 13.4. The molecule has 1 atom stereocenters. The van der Waals surface area contributed by atoms with Crippen LogP contribution in [0.5, 0.6) is 5.75 Å². The molecule has 1 heterocycles. The Morgan fingerprint density at radius 3 is 2.41 bits per heavy atom. The Morgan fingerprint density at radius 1 is 1.07 bits per heavy atom. The fourth-order valence-electron chi connectivity index (χ4n) is 2.22. The molecule has 0 aliphatic rings. The molecular weight excluding hydrogens is 363 g/mol. The van der Waals surface area contributed by atoms with E-state index in [1.807, 2.05) is 0 Å². The Balaban J connectivity index is 1.81. The average Bonchev–Trinajstić information content (AvgIpc) is 3.12. The molecule has 10 nitrogen and oxygen atoms in total. The number of rotatable bonds is 6. The van der Waals surface area contributed by atoms with E-state index in [-0.39, 0.29) is 23.2 Å². The molecule has 0 saturated heterocycles. The first-order chi connectivity index (χ1) is 12.8. The topological polar surface area (TPSA) is 134 Å². The van der Waals surface area contributed by atoms with Gasteiger partial charge < -0.3 is 9.15 Å². The monoisotopic (exact) mass is 374 g/mol. The minimum atomic E-state index is -0.898. The van der Waals surface area contributed by atoms with Crippen LogP contribution in [0.4, 0.5) is 15.8 Å². The minimum absolute atomic E-state index is 0.00177. The van der Waals surface area contributed by atoms with Crippen molar-refractivity contribution < 1.29 is 23.4 Å². The lowest BCUT2D eigenvalue weighted by Crippen LogP contribution is -2.05. The van der Waals surface area contributed by atoms with Crippen molar-refractivity contribution in [2.45, 2.75) is 13.0 Å². The summed E-state index contributed by atoms with van der Waals surface area (Å²) in [5.41, 5.74) is -0.0461. The molecule has 2 aromatic carbocycles. The highest BCUT2D eigenvalue weighted by Gasteiger charge is 2.22. The zero-order valence-corrected chi connectivity index (χ0v) is 13.7. The van der Waals surface area contributed by atoms with E-state index in [0.29, 0.717) is 5.56 Å². The van der Waals surface area contributed by atoms with Gasteiger partial charge in [0.2, 0.25) is 11.6 Å². The van der Waals surface area contributed by atoms with Gasteiger partial charge >= 0.3 is 5.69 Å². The van der Waals surface area contributed by atoms with Gasteiger partial charge in [-0.25, -0.2) is 4.39 Å². The van der Waals surface area contributed by atoms with Gasteiger partial charge in [0.1, 0.15) is 5.82 Å². The van der Waals surface area contributed by atoms with Crippen molar-refractivity contribution in [3.8, 4) is 17.2 Å². The van der Waals surface area contributed by atoms with E-state index in [9.17, 15) is 24.6 Å². The molecule has 0 saturated carbocycles. The van der Waals surface area contributed by atoms with Gasteiger partial charge in [-0.05, 0) is 25.1 Å². The fourth-order valence-corrected chi connectivity index (χ4v) is 2.22. The minimum Gasteiger partial charge on any atom is -0.474 e. The highest BCUT2D eigenvalue weighted by atomic mass is 19.1. The summed E-state index contributed by atoms with van der Waals surface area (Å²) >= 11 is 0. The number of ether oxygens (including phenoxy) is 1. The molecule has 0 bridgehead atoms. The molecule has 0 unspecified atom stereocenters. The largest absolute Gasteiger partial charge is 0.474 e. The molecular formula is C16H11FN4O6. The molecule has 0 aliphatic carbocycles. The maximum Gasteiger partial charge on any atom is 0.311 e.